The number of benzene rings is 1. The average molecular weight is 256 g/mol. The molecule has 0 bridgehead atoms. The summed E-state index contributed by atoms with van der Waals surface area (Å²) >= 11 is 0. The molecule has 0 fully saturated rings. The third-order valence-corrected chi connectivity index (χ3v) is 3.69. The van der Waals surface area contributed by atoms with Gasteiger partial charge < -0.3 is 5.21 Å². The molecular formula is C11H16N2O3S. The Morgan fingerprint density at radius 3 is 2.41 bits per heavy atom. The van der Waals surface area contributed by atoms with Crippen molar-refractivity contribution in [2.24, 2.45) is 5.16 Å². The Hall–Kier alpha value is -1.56. The molecule has 0 aliphatic heterocycles. The van der Waals surface area contributed by atoms with Gasteiger partial charge in [-0.1, -0.05) is 24.2 Å². The van der Waals surface area contributed by atoms with Crippen LogP contribution in [0.3, 0.4) is 0 Å². The fraction of sp³-hybridized carbons (Fsp3) is 0.364. The molecule has 2 N–H and O–H groups in total. The highest BCUT2D eigenvalue weighted by Gasteiger charge is 2.08. The predicted molar refractivity (Wildman–Crippen MR) is 68.1 cm³/mol. The van der Waals surface area contributed by atoms with E-state index in [1.165, 1.54) is 0 Å². The number of nitrogens with zero attached hydrogens (tertiary/aromatic N) is 1. The van der Waals surface area contributed by atoms with E-state index in [0.717, 1.165) is 5.56 Å². The van der Waals surface area contributed by atoms with Gasteiger partial charge in [0.2, 0.25) is 10.0 Å². The maximum Gasteiger partial charge on any atom is 0.232 e. The van der Waals surface area contributed by atoms with Crippen molar-refractivity contribution >= 4 is 21.4 Å². The predicted octanol–water partition coefficient (Wildman–Crippen LogP) is 2.04. The van der Waals surface area contributed by atoms with E-state index >= 15 is 0 Å². The molecule has 1 rings (SSSR count). The number of anilines is 1. The van der Waals surface area contributed by atoms with Crippen LogP contribution >= 0.6 is 0 Å². The monoisotopic (exact) mass is 256 g/mol. The lowest BCUT2D eigenvalue weighted by Crippen LogP contribution is -2.16. The van der Waals surface area contributed by atoms with Crippen molar-refractivity contribution in [3.63, 3.8) is 0 Å². The maximum atomic E-state index is 11.5. The topological polar surface area (TPSA) is 78.8 Å². The Balaban J connectivity index is 2.82. The zero-order valence-corrected chi connectivity index (χ0v) is 10.7. The molecule has 0 aliphatic rings. The second kappa shape index (κ2) is 5.67. The fourth-order valence-corrected chi connectivity index (χ4v) is 2.47. The minimum atomic E-state index is -3.25. The number of hydrogen-bond donors (Lipinski definition) is 2. The zero-order valence-electron chi connectivity index (χ0n) is 9.84. The first-order valence-corrected chi connectivity index (χ1v) is 6.93. The first kappa shape index (κ1) is 13.5. The Bertz CT molecular complexity index is 492. The van der Waals surface area contributed by atoms with Crippen LogP contribution in [0.4, 0.5) is 5.69 Å². The molecule has 0 heterocycles. The van der Waals surface area contributed by atoms with Crippen molar-refractivity contribution in [2.75, 3.05) is 10.5 Å². The van der Waals surface area contributed by atoms with Gasteiger partial charge >= 0.3 is 0 Å². The van der Waals surface area contributed by atoms with Gasteiger partial charge in [-0.25, -0.2) is 8.42 Å². The number of nitrogens with one attached hydrogen (secondary N) is 1. The molecule has 0 aliphatic carbocycles. The summed E-state index contributed by atoms with van der Waals surface area (Å²) in [6, 6.07) is 6.66. The summed E-state index contributed by atoms with van der Waals surface area (Å²) in [6.45, 7) is 3.47. The molecule has 0 saturated carbocycles. The van der Waals surface area contributed by atoms with Crippen LogP contribution < -0.4 is 4.72 Å². The molecule has 0 saturated heterocycles. The van der Waals surface area contributed by atoms with E-state index in [0.29, 0.717) is 17.8 Å². The van der Waals surface area contributed by atoms with Crippen molar-refractivity contribution < 1.29 is 13.6 Å². The van der Waals surface area contributed by atoms with E-state index in [-0.39, 0.29) is 5.75 Å². The third-order valence-electron chi connectivity index (χ3n) is 2.20. The lowest BCUT2D eigenvalue weighted by Gasteiger charge is -2.07. The molecule has 0 aromatic heterocycles. The molecular weight excluding hydrogens is 240 g/mol. The van der Waals surface area contributed by atoms with Crippen LogP contribution in [0.1, 0.15) is 25.8 Å². The molecule has 0 unspecified atom stereocenters. The van der Waals surface area contributed by atoms with E-state index in [2.05, 4.69) is 9.88 Å². The van der Waals surface area contributed by atoms with Crippen LogP contribution in [-0.2, 0) is 10.0 Å². The summed E-state index contributed by atoms with van der Waals surface area (Å²) in [5.41, 5.74) is 1.73. The summed E-state index contributed by atoms with van der Waals surface area (Å²) in [5.74, 6) is 0.103. The number of oxime groups is 1. The van der Waals surface area contributed by atoms with Crippen LogP contribution in [0, 0.1) is 0 Å². The number of rotatable bonds is 5. The molecule has 0 radical (unpaired) electrons. The van der Waals surface area contributed by atoms with Crippen LogP contribution in [0.25, 0.3) is 0 Å². The van der Waals surface area contributed by atoms with E-state index in [9.17, 15) is 8.42 Å². The van der Waals surface area contributed by atoms with E-state index in [1.54, 1.807) is 31.2 Å². The third kappa shape index (κ3) is 4.07. The van der Waals surface area contributed by atoms with Gasteiger partial charge in [0.25, 0.3) is 0 Å². The summed E-state index contributed by atoms with van der Waals surface area (Å²) in [4.78, 5) is 0. The Morgan fingerprint density at radius 1 is 1.35 bits per heavy atom. The van der Waals surface area contributed by atoms with Gasteiger partial charge in [-0.3, -0.25) is 4.72 Å². The molecule has 1 aromatic carbocycles. The van der Waals surface area contributed by atoms with E-state index < -0.39 is 10.0 Å². The highest BCUT2D eigenvalue weighted by atomic mass is 32.2. The van der Waals surface area contributed by atoms with Crippen molar-refractivity contribution in [3.8, 4) is 0 Å². The van der Waals surface area contributed by atoms with Gasteiger partial charge in [-0.15, -0.1) is 0 Å². The SMILES string of the molecule is CCCS(=O)(=O)Nc1ccc(/C(C)=N/O)cc1. The summed E-state index contributed by atoms with van der Waals surface area (Å²) in [7, 11) is -3.25. The lowest BCUT2D eigenvalue weighted by molar-refractivity contribution is 0.319. The quantitative estimate of drug-likeness (QED) is 0.480. The van der Waals surface area contributed by atoms with Crippen LogP contribution in [-0.4, -0.2) is 25.1 Å². The van der Waals surface area contributed by atoms with Crippen molar-refractivity contribution in [1.29, 1.82) is 0 Å². The standard InChI is InChI=1S/C11H16N2O3S/c1-3-8-17(15,16)13-11-6-4-10(5-7-11)9(2)12-14/h4-7,13-14H,3,8H2,1-2H3/b12-9+. The fourth-order valence-electron chi connectivity index (χ4n) is 1.34. The minimum Gasteiger partial charge on any atom is -0.411 e. The van der Waals surface area contributed by atoms with Crippen LogP contribution in [0.5, 0.6) is 0 Å². The molecule has 5 nitrogen and oxygen atoms in total. The normalized spacial score (nSPS) is 12.5. The summed E-state index contributed by atoms with van der Waals surface area (Å²) in [6.07, 6.45) is 0.573. The largest absolute Gasteiger partial charge is 0.411 e. The second-order valence-electron chi connectivity index (χ2n) is 3.68. The zero-order chi connectivity index (χ0) is 12.9. The molecule has 0 atom stereocenters. The molecule has 0 amide bonds. The van der Waals surface area contributed by atoms with Crippen molar-refractivity contribution in [3.05, 3.63) is 29.8 Å². The Kier molecular flexibility index (Phi) is 4.51. The second-order valence-corrected chi connectivity index (χ2v) is 5.53. The highest BCUT2D eigenvalue weighted by molar-refractivity contribution is 7.92. The first-order valence-electron chi connectivity index (χ1n) is 5.28. The van der Waals surface area contributed by atoms with E-state index in [1.807, 2.05) is 6.92 Å². The maximum absolute atomic E-state index is 11.5. The molecule has 0 spiro atoms. The Labute approximate surface area is 101 Å². The molecule has 17 heavy (non-hydrogen) atoms. The van der Waals surface area contributed by atoms with Crippen LogP contribution in [0.2, 0.25) is 0 Å². The van der Waals surface area contributed by atoms with Crippen LogP contribution in [0.15, 0.2) is 29.4 Å². The van der Waals surface area contributed by atoms with Gasteiger partial charge in [-0.2, -0.15) is 0 Å². The van der Waals surface area contributed by atoms with Gasteiger partial charge in [-0.05, 0) is 31.0 Å². The Morgan fingerprint density at radius 2 is 1.94 bits per heavy atom. The minimum absolute atomic E-state index is 0.103. The lowest BCUT2D eigenvalue weighted by atomic mass is 10.1. The van der Waals surface area contributed by atoms with Gasteiger partial charge in [0.15, 0.2) is 0 Å². The molecule has 1 aromatic rings. The number of sulfonamides is 1. The average Bonchev–Trinajstić information content (AvgIpc) is 2.28. The van der Waals surface area contributed by atoms with Crippen molar-refractivity contribution in [2.45, 2.75) is 20.3 Å². The molecule has 6 heteroatoms. The van der Waals surface area contributed by atoms with Gasteiger partial charge in [0.05, 0.1) is 11.5 Å². The van der Waals surface area contributed by atoms with Gasteiger partial charge in [0.1, 0.15) is 0 Å². The summed E-state index contributed by atoms with van der Waals surface area (Å²) in [5, 5.41) is 11.7. The van der Waals surface area contributed by atoms with Gasteiger partial charge in [0, 0.05) is 5.69 Å². The summed E-state index contributed by atoms with van der Waals surface area (Å²) < 4.78 is 25.5. The highest BCUT2D eigenvalue weighted by Crippen LogP contribution is 2.12. The van der Waals surface area contributed by atoms with E-state index in [4.69, 9.17) is 5.21 Å². The smallest absolute Gasteiger partial charge is 0.232 e. The number of hydrogen-bond acceptors (Lipinski definition) is 4. The van der Waals surface area contributed by atoms with Crippen molar-refractivity contribution in [1.82, 2.24) is 0 Å². The molecule has 94 valence electrons. The first-order chi connectivity index (χ1) is 7.98.